The highest BCUT2D eigenvalue weighted by Gasteiger charge is 2.16. The second kappa shape index (κ2) is 4.28. The summed E-state index contributed by atoms with van der Waals surface area (Å²) in [5.74, 6) is 1.33. The third-order valence-corrected chi connectivity index (χ3v) is 3.40. The van der Waals surface area contributed by atoms with Gasteiger partial charge < -0.3 is 19.0 Å². The largest absolute Gasteiger partial charge is 0.508 e. The Morgan fingerprint density at radius 1 is 0.952 bits per heavy atom. The van der Waals surface area contributed by atoms with Crippen LogP contribution in [-0.4, -0.2) is 11.9 Å². The van der Waals surface area contributed by atoms with Gasteiger partial charge in [0.1, 0.15) is 11.3 Å². The first kappa shape index (κ1) is 11.8. The predicted octanol–water partition coefficient (Wildman–Crippen LogP) is 2.89. The second-order valence-corrected chi connectivity index (χ2v) is 4.74. The summed E-state index contributed by atoms with van der Waals surface area (Å²) in [5.41, 5.74) is 1.02. The minimum atomic E-state index is -0.466. The van der Waals surface area contributed by atoms with Gasteiger partial charge in [0, 0.05) is 11.5 Å². The molecule has 0 atom stereocenters. The van der Waals surface area contributed by atoms with Gasteiger partial charge in [-0.05, 0) is 35.9 Å². The summed E-state index contributed by atoms with van der Waals surface area (Å²) < 4.78 is 15.8. The van der Waals surface area contributed by atoms with Crippen LogP contribution in [0.1, 0.15) is 0 Å². The van der Waals surface area contributed by atoms with E-state index >= 15 is 0 Å². The van der Waals surface area contributed by atoms with Crippen molar-refractivity contribution in [3.05, 3.63) is 52.9 Å². The molecule has 0 bridgehead atoms. The quantitative estimate of drug-likeness (QED) is 0.695. The van der Waals surface area contributed by atoms with Crippen molar-refractivity contribution in [3.8, 4) is 28.4 Å². The molecule has 2 aromatic carbocycles. The molecule has 0 fully saturated rings. The van der Waals surface area contributed by atoms with Gasteiger partial charge in [0.15, 0.2) is 11.5 Å². The van der Waals surface area contributed by atoms with Crippen molar-refractivity contribution < 1.29 is 19.0 Å². The van der Waals surface area contributed by atoms with Gasteiger partial charge in [-0.2, -0.15) is 0 Å². The fraction of sp³-hybridized carbons (Fsp3) is 0.0625. The molecule has 3 aromatic rings. The fourth-order valence-electron chi connectivity index (χ4n) is 2.37. The average molecular weight is 282 g/mol. The van der Waals surface area contributed by atoms with Gasteiger partial charge in [-0.3, -0.25) is 0 Å². The summed E-state index contributed by atoms with van der Waals surface area (Å²) in [4.78, 5) is 12.1. The van der Waals surface area contributed by atoms with E-state index in [9.17, 15) is 9.90 Å². The Bertz CT molecular complexity index is 910. The van der Waals surface area contributed by atoms with Crippen LogP contribution in [0.4, 0.5) is 0 Å². The van der Waals surface area contributed by atoms with Gasteiger partial charge in [0.05, 0.1) is 5.56 Å². The number of phenolic OH excluding ortho intramolecular Hbond substituents is 1. The number of benzene rings is 2. The first-order valence-electron chi connectivity index (χ1n) is 6.37. The Balaban J connectivity index is 1.92. The van der Waals surface area contributed by atoms with E-state index in [-0.39, 0.29) is 12.5 Å². The van der Waals surface area contributed by atoms with Gasteiger partial charge >= 0.3 is 5.63 Å². The predicted molar refractivity (Wildman–Crippen MR) is 75.7 cm³/mol. The van der Waals surface area contributed by atoms with E-state index in [2.05, 4.69) is 0 Å². The van der Waals surface area contributed by atoms with Crippen LogP contribution < -0.4 is 15.1 Å². The third kappa shape index (κ3) is 1.90. The molecule has 0 saturated carbocycles. The van der Waals surface area contributed by atoms with Crippen LogP contribution in [0.5, 0.6) is 17.2 Å². The Morgan fingerprint density at radius 2 is 1.81 bits per heavy atom. The van der Waals surface area contributed by atoms with Crippen LogP contribution in [0.15, 0.2) is 51.7 Å². The molecule has 1 aromatic heterocycles. The molecule has 1 N–H and O–H groups in total. The Labute approximate surface area is 119 Å². The summed E-state index contributed by atoms with van der Waals surface area (Å²) in [6, 6.07) is 11.7. The fourth-order valence-corrected chi connectivity index (χ4v) is 2.37. The highest BCUT2D eigenvalue weighted by molar-refractivity contribution is 5.83. The lowest BCUT2D eigenvalue weighted by Crippen LogP contribution is -2.02. The zero-order valence-electron chi connectivity index (χ0n) is 10.8. The van der Waals surface area contributed by atoms with Crippen LogP contribution in [0, 0.1) is 0 Å². The molecular formula is C16H10O5. The van der Waals surface area contributed by atoms with Crippen LogP contribution in [0.3, 0.4) is 0 Å². The molecule has 0 aliphatic carbocycles. The standard InChI is InChI=1S/C16H10O5/c17-11-3-1-10-5-12(16(18)21-14(10)7-11)9-2-4-13-15(6-9)20-8-19-13/h1-7,17H,8H2. The summed E-state index contributed by atoms with van der Waals surface area (Å²) in [6.07, 6.45) is 0. The summed E-state index contributed by atoms with van der Waals surface area (Å²) in [6.45, 7) is 0.185. The average Bonchev–Trinajstić information content (AvgIpc) is 2.93. The molecular weight excluding hydrogens is 272 g/mol. The number of phenols is 1. The monoisotopic (exact) mass is 282 g/mol. The zero-order chi connectivity index (χ0) is 14.4. The molecule has 21 heavy (non-hydrogen) atoms. The van der Waals surface area contributed by atoms with Crippen molar-refractivity contribution in [1.82, 2.24) is 0 Å². The second-order valence-electron chi connectivity index (χ2n) is 4.74. The molecule has 4 rings (SSSR count). The molecule has 104 valence electrons. The molecule has 0 radical (unpaired) electrons. The molecule has 1 aliphatic heterocycles. The Hall–Kier alpha value is -2.95. The third-order valence-electron chi connectivity index (χ3n) is 3.40. The lowest BCUT2D eigenvalue weighted by atomic mass is 10.1. The van der Waals surface area contributed by atoms with Crippen molar-refractivity contribution in [3.63, 3.8) is 0 Å². The number of hydrogen-bond acceptors (Lipinski definition) is 5. The van der Waals surface area contributed by atoms with Crippen LogP contribution in [-0.2, 0) is 0 Å². The van der Waals surface area contributed by atoms with E-state index in [1.807, 2.05) is 0 Å². The maximum absolute atomic E-state index is 12.1. The van der Waals surface area contributed by atoms with Crippen LogP contribution in [0.2, 0.25) is 0 Å². The molecule has 0 saturated heterocycles. The molecule has 0 unspecified atom stereocenters. The SMILES string of the molecule is O=c1oc2cc(O)ccc2cc1-c1ccc2c(c1)OCO2. The van der Waals surface area contributed by atoms with E-state index < -0.39 is 5.63 Å². The van der Waals surface area contributed by atoms with Crippen molar-refractivity contribution >= 4 is 11.0 Å². The van der Waals surface area contributed by atoms with E-state index in [1.165, 1.54) is 6.07 Å². The van der Waals surface area contributed by atoms with E-state index in [0.29, 0.717) is 28.2 Å². The smallest absolute Gasteiger partial charge is 0.344 e. The van der Waals surface area contributed by atoms with Gasteiger partial charge in [-0.1, -0.05) is 6.07 Å². The topological polar surface area (TPSA) is 68.9 Å². The first-order chi connectivity index (χ1) is 10.2. The van der Waals surface area contributed by atoms with E-state index in [0.717, 1.165) is 5.39 Å². The van der Waals surface area contributed by atoms with Gasteiger partial charge in [-0.25, -0.2) is 4.79 Å². The Morgan fingerprint density at radius 3 is 2.71 bits per heavy atom. The first-order valence-corrected chi connectivity index (χ1v) is 6.37. The zero-order valence-corrected chi connectivity index (χ0v) is 10.8. The van der Waals surface area contributed by atoms with E-state index in [1.54, 1.807) is 36.4 Å². The lowest BCUT2D eigenvalue weighted by molar-refractivity contribution is 0.174. The Kier molecular flexibility index (Phi) is 2.41. The molecule has 1 aliphatic rings. The molecule has 2 heterocycles. The van der Waals surface area contributed by atoms with Gasteiger partial charge in [-0.15, -0.1) is 0 Å². The highest BCUT2D eigenvalue weighted by Crippen LogP contribution is 2.35. The maximum Gasteiger partial charge on any atom is 0.344 e. The highest BCUT2D eigenvalue weighted by atomic mass is 16.7. The van der Waals surface area contributed by atoms with Crippen molar-refractivity contribution in [2.45, 2.75) is 0 Å². The number of aromatic hydroxyl groups is 1. The molecule has 5 heteroatoms. The van der Waals surface area contributed by atoms with Crippen LogP contribution in [0.25, 0.3) is 22.1 Å². The number of ether oxygens (including phenoxy) is 2. The minimum absolute atomic E-state index is 0.0569. The maximum atomic E-state index is 12.1. The minimum Gasteiger partial charge on any atom is -0.508 e. The van der Waals surface area contributed by atoms with Crippen molar-refractivity contribution in [1.29, 1.82) is 0 Å². The number of hydrogen-bond donors (Lipinski definition) is 1. The molecule has 0 amide bonds. The molecule has 5 nitrogen and oxygen atoms in total. The van der Waals surface area contributed by atoms with Crippen molar-refractivity contribution in [2.75, 3.05) is 6.79 Å². The van der Waals surface area contributed by atoms with Crippen LogP contribution >= 0.6 is 0 Å². The lowest BCUT2D eigenvalue weighted by Gasteiger charge is -2.04. The van der Waals surface area contributed by atoms with Gasteiger partial charge in [0.25, 0.3) is 0 Å². The summed E-state index contributed by atoms with van der Waals surface area (Å²) in [5, 5.41) is 10.2. The van der Waals surface area contributed by atoms with E-state index in [4.69, 9.17) is 13.9 Å². The number of rotatable bonds is 1. The number of fused-ring (bicyclic) bond motifs is 2. The summed E-state index contributed by atoms with van der Waals surface area (Å²) >= 11 is 0. The van der Waals surface area contributed by atoms with Crippen molar-refractivity contribution in [2.24, 2.45) is 0 Å². The summed E-state index contributed by atoms with van der Waals surface area (Å²) in [7, 11) is 0. The normalized spacial score (nSPS) is 12.8. The van der Waals surface area contributed by atoms with Gasteiger partial charge in [0.2, 0.25) is 6.79 Å². The molecule has 0 spiro atoms.